The molecular formula is C15H20N2O3. The molecule has 0 bridgehead atoms. The molecular weight excluding hydrogens is 256 g/mol. The summed E-state index contributed by atoms with van der Waals surface area (Å²) in [6, 6.07) is 10.2. The molecule has 0 radical (unpaired) electrons. The highest BCUT2D eigenvalue weighted by Gasteiger charge is 2.21. The molecule has 0 saturated carbocycles. The van der Waals surface area contributed by atoms with Crippen LogP contribution in [0.5, 0.6) is 0 Å². The van der Waals surface area contributed by atoms with Gasteiger partial charge in [-0.1, -0.05) is 30.3 Å². The number of hydrogen-bond donors (Lipinski definition) is 1. The van der Waals surface area contributed by atoms with Gasteiger partial charge in [0.05, 0.1) is 6.54 Å². The summed E-state index contributed by atoms with van der Waals surface area (Å²) in [6.07, 6.45) is 1.89. The smallest absolute Gasteiger partial charge is 0.409 e. The number of rotatable bonds is 7. The van der Waals surface area contributed by atoms with Crippen molar-refractivity contribution in [2.24, 2.45) is 0 Å². The highest BCUT2D eigenvalue weighted by atomic mass is 16.6. The molecule has 0 spiro atoms. The fourth-order valence-corrected chi connectivity index (χ4v) is 2.12. The molecule has 2 amide bonds. The van der Waals surface area contributed by atoms with Crippen molar-refractivity contribution in [3.8, 4) is 0 Å². The van der Waals surface area contributed by atoms with Gasteiger partial charge in [0, 0.05) is 19.5 Å². The van der Waals surface area contributed by atoms with Crippen LogP contribution < -0.4 is 5.32 Å². The van der Waals surface area contributed by atoms with E-state index in [0.717, 1.165) is 12.8 Å². The molecule has 1 heterocycles. The topological polar surface area (TPSA) is 58.6 Å². The molecule has 1 aromatic carbocycles. The van der Waals surface area contributed by atoms with Gasteiger partial charge >= 0.3 is 6.09 Å². The zero-order valence-electron chi connectivity index (χ0n) is 11.5. The first kappa shape index (κ1) is 14.4. The third-order valence-electron chi connectivity index (χ3n) is 3.26. The van der Waals surface area contributed by atoms with Gasteiger partial charge in [-0.3, -0.25) is 4.79 Å². The summed E-state index contributed by atoms with van der Waals surface area (Å²) < 4.78 is 4.80. The number of hydrogen-bond acceptors (Lipinski definition) is 3. The number of nitrogens with zero attached hydrogens (tertiary/aromatic N) is 1. The minimum atomic E-state index is -0.318. The molecule has 2 rings (SSSR count). The number of aryl methyl sites for hydroxylation is 1. The van der Waals surface area contributed by atoms with E-state index in [2.05, 4.69) is 17.4 Å². The van der Waals surface area contributed by atoms with Gasteiger partial charge in [0.25, 0.3) is 0 Å². The second kappa shape index (κ2) is 7.53. The van der Waals surface area contributed by atoms with E-state index in [0.29, 0.717) is 32.7 Å². The second-order valence-electron chi connectivity index (χ2n) is 4.79. The van der Waals surface area contributed by atoms with Crippen molar-refractivity contribution in [1.82, 2.24) is 10.2 Å². The van der Waals surface area contributed by atoms with E-state index in [1.165, 1.54) is 5.56 Å². The highest BCUT2D eigenvalue weighted by molar-refractivity contribution is 5.77. The fourth-order valence-electron chi connectivity index (χ4n) is 2.12. The van der Waals surface area contributed by atoms with Crippen molar-refractivity contribution < 1.29 is 14.3 Å². The van der Waals surface area contributed by atoms with Crippen LogP contribution in [0.2, 0.25) is 0 Å². The summed E-state index contributed by atoms with van der Waals surface area (Å²) in [5.74, 6) is -0.0160. The monoisotopic (exact) mass is 276 g/mol. The minimum absolute atomic E-state index is 0.0160. The van der Waals surface area contributed by atoms with Crippen molar-refractivity contribution in [2.75, 3.05) is 26.2 Å². The summed E-state index contributed by atoms with van der Waals surface area (Å²) in [7, 11) is 0. The maximum Gasteiger partial charge on any atom is 0.409 e. The number of nitrogens with one attached hydrogen (secondary N) is 1. The highest BCUT2D eigenvalue weighted by Crippen LogP contribution is 2.04. The van der Waals surface area contributed by atoms with Crippen molar-refractivity contribution in [3.05, 3.63) is 35.9 Å². The van der Waals surface area contributed by atoms with Crippen LogP contribution in [0, 0.1) is 0 Å². The first-order valence-corrected chi connectivity index (χ1v) is 6.98. The molecule has 1 fully saturated rings. The fraction of sp³-hybridized carbons (Fsp3) is 0.467. The van der Waals surface area contributed by atoms with E-state index >= 15 is 0 Å². The van der Waals surface area contributed by atoms with Crippen LogP contribution in [0.1, 0.15) is 18.4 Å². The Hall–Kier alpha value is -2.04. The van der Waals surface area contributed by atoms with Gasteiger partial charge in [0.15, 0.2) is 0 Å². The Kier molecular flexibility index (Phi) is 5.41. The zero-order valence-corrected chi connectivity index (χ0v) is 11.5. The SMILES string of the molecule is O=C(CCN1CCOC1=O)NCCCc1ccccc1. The number of cyclic esters (lactones) is 1. The quantitative estimate of drug-likeness (QED) is 0.769. The molecule has 0 aromatic heterocycles. The summed E-state index contributed by atoms with van der Waals surface area (Å²) >= 11 is 0. The summed E-state index contributed by atoms with van der Waals surface area (Å²) in [5, 5.41) is 2.87. The Morgan fingerprint density at radius 2 is 2.10 bits per heavy atom. The molecule has 5 heteroatoms. The molecule has 1 saturated heterocycles. The second-order valence-corrected chi connectivity index (χ2v) is 4.79. The Morgan fingerprint density at radius 3 is 2.80 bits per heavy atom. The predicted molar refractivity (Wildman–Crippen MR) is 75.3 cm³/mol. The van der Waals surface area contributed by atoms with Gasteiger partial charge in [-0.2, -0.15) is 0 Å². The molecule has 1 aliphatic heterocycles. The summed E-state index contributed by atoms with van der Waals surface area (Å²) in [5.41, 5.74) is 1.28. The van der Waals surface area contributed by atoms with Crippen molar-refractivity contribution in [2.45, 2.75) is 19.3 Å². The normalized spacial score (nSPS) is 14.2. The van der Waals surface area contributed by atoms with Gasteiger partial charge in [-0.05, 0) is 18.4 Å². The lowest BCUT2D eigenvalue weighted by atomic mass is 10.1. The van der Waals surface area contributed by atoms with E-state index in [4.69, 9.17) is 4.74 Å². The lowest BCUT2D eigenvalue weighted by molar-refractivity contribution is -0.121. The Morgan fingerprint density at radius 1 is 1.30 bits per heavy atom. The van der Waals surface area contributed by atoms with Crippen molar-refractivity contribution >= 4 is 12.0 Å². The predicted octanol–water partition coefficient (Wildman–Crippen LogP) is 1.58. The third-order valence-corrected chi connectivity index (χ3v) is 3.26. The van der Waals surface area contributed by atoms with Gasteiger partial charge in [-0.25, -0.2) is 4.79 Å². The minimum Gasteiger partial charge on any atom is -0.448 e. The van der Waals surface area contributed by atoms with Gasteiger partial charge in [0.1, 0.15) is 6.61 Å². The largest absolute Gasteiger partial charge is 0.448 e. The van der Waals surface area contributed by atoms with E-state index in [1.807, 2.05) is 18.2 Å². The van der Waals surface area contributed by atoms with Gasteiger partial charge in [-0.15, -0.1) is 0 Å². The molecule has 1 N–H and O–H groups in total. The maximum atomic E-state index is 11.6. The molecule has 0 aliphatic carbocycles. The molecule has 1 aliphatic rings. The van der Waals surface area contributed by atoms with Gasteiger partial charge < -0.3 is 15.0 Å². The lowest BCUT2D eigenvalue weighted by Crippen LogP contribution is -2.31. The standard InChI is InChI=1S/C15H20N2O3/c18-14(8-10-17-11-12-20-15(17)19)16-9-4-7-13-5-2-1-3-6-13/h1-3,5-6H,4,7-12H2,(H,16,18). The number of carbonyl (C=O) groups is 2. The molecule has 0 atom stereocenters. The van der Waals surface area contributed by atoms with Crippen molar-refractivity contribution in [3.63, 3.8) is 0 Å². The van der Waals surface area contributed by atoms with Crippen molar-refractivity contribution in [1.29, 1.82) is 0 Å². The molecule has 1 aromatic rings. The first-order valence-electron chi connectivity index (χ1n) is 6.98. The third kappa shape index (κ3) is 4.57. The molecule has 20 heavy (non-hydrogen) atoms. The van der Waals surface area contributed by atoms with E-state index in [1.54, 1.807) is 4.90 Å². The average Bonchev–Trinajstić information content (AvgIpc) is 2.88. The first-order chi connectivity index (χ1) is 9.75. The summed E-state index contributed by atoms with van der Waals surface area (Å²) in [6.45, 7) is 2.11. The van der Waals surface area contributed by atoms with Crippen LogP contribution in [0.3, 0.4) is 0 Å². The molecule has 108 valence electrons. The molecule has 0 unspecified atom stereocenters. The number of amides is 2. The number of carbonyl (C=O) groups excluding carboxylic acids is 2. The van der Waals surface area contributed by atoms with Crippen LogP contribution >= 0.6 is 0 Å². The van der Waals surface area contributed by atoms with Crippen LogP contribution in [0.25, 0.3) is 0 Å². The Labute approximate surface area is 118 Å². The maximum absolute atomic E-state index is 11.6. The lowest BCUT2D eigenvalue weighted by Gasteiger charge is -2.12. The van der Waals surface area contributed by atoms with Crippen LogP contribution in [0.4, 0.5) is 4.79 Å². The molecule has 5 nitrogen and oxygen atoms in total. The van der Waals surface area contributed by atoms with E-state index < -0.39 is 0 Å². The van der Waals surface area contributed by atoms with E-state index in [9.17, 15) is 9.59 Å². The number of ether oxygens (including phenoxy) is 1. The van der Waals surface area contributed by atoms with Crippen LogP contribution in [0.15, 0.2) is 30.3 Å². The van der Waals surface area contributed by atoms with E-state index in [-0.39, 0.29) is 12.0 Å². The Bertz CT molecular complexity index is 448. The number of benzene rings is 1. The summed E-state index contributed by atoms with van der Waals surface area (Å²) in [4.78, 5) is 24.4. The van der Waals surface area contributed by atoms with Crippen LogP contribution in [-0.2, 0) is 16.0 Å². The zero-order chi connectivity index (χ0) is 14.2. The van der Waals surface area contributed by atoms with Gasteiger partial charge in [0.2, 0.25) is 5.91 Å². The Balaban J connectivity index is 1.55. The van der Waals surface area contributed by atoms with Crippen LogP contribution in [-0.4, -0.2) is 43.1 Å². The average molecular weight is 276 g/mol.